The predicted octanol–water partition coefficient (Wildman–Crippen LogP) is 3.66. The number of nitrogens with one attached hydrogen (secondary N) is 1. The van der Waals surface area contributed by atoms with E-state index in [2.05, 4.69) is 5.32 Å². The van der Waals surface area contributed by atoms with E-state index in [1.54, 1.807) is 18.9 Å². The van der Waals surface area contributed by atoms with Crippen LogP contribution < -0.4 is 10.1 Å². The molecule has 1 N–H and O–H groups in total. The number of hydrogen-bond acceptors (Lipinski definition) is 4. The normalized spacial score (nSPS) is 19.3. The average Bonchev–Trinajstić information content (AvgIpc) is 2.61. The van der Waals surface area contributed by atoms with Gasteiger partial charge in [0, 0.05) is 13.1 Å². The number of rotatable bonds is 5. The Balaban J connectivity index is 1.89. The molecule has 23 heavy (non-hydrogen) atoms. The topological polar surface area (TPSA) is 30.5 Å². The first-order valence-corrected chi connectivity index (χ1v) is 8.53. The van der Waals surface area contributed by atoms with Gasteiger partial charge >= 0.3 is 0 Å². The third-order valence-corrected chi connectivity index (χ3v) is 5.24. The number of para-hydroxylation sites is 1. The third-order valence-electron chi connectivity index (χ3n) is 3.82. The third kappa shape index (κ3) is 4.05. The molecule has 2 aromatic rings. The van der Waals surface area contributed by atoms with E-state index in [1.807, 2.05) is 36.4 Å². The Bertz CT molecular complexity index is 629. The summed E-state index contributed by atoms with van der Waals surface area (Å²) >= 11 is 1.69. The number of benzene rings is 2. The van der Waals surface area contributed by atoms with Gasteiger partial charge in [0.1, 0.15) is 11.6 Å². The van der Waals surface area contributed by atoms with Crippen LogP contribution in [0.4, 0.5) is 4.39 Å². The standard InChI is InChI=1S/C18H20FNO2S/c1-21-15-4-2-3-5-17(15)23-18(16-12-20-10-11-22-16)13-6-8-14(19)9-7-13/h2-9,16,18,20H,10-12H2,1H3/t16-,18?/m0/s1. The van der Waals surface area contributed by atoms with E-state index in [1.165, 1.54) is 12.1 Å². The van der Waals surface area contributed by atoms with Gasteiger partial charge in [-0.3, -0.25) is 0 Å². The second-order valence-electron chi connectivity index (χ2n) is 5.35. The maximum absolute atomic E-state index is 13.3. The molecule has 1 heterocycles. The van der Waals surface area contributed by atoms with Crippen molar-refractivity contribution in [3.05, 3.63) is 59.9 Å². The number of morpholine rings is 1. The maximum atomic E-state index is 13.3. The fraction of sp³-hybridized carbons (Fsp3) is 0.333. The number of thioether (sulfide) groups is 1. The molecule has 0 radical (unpaired) electrons. The van der Waals surface area contributed by atoms with Gasteiger partial charge in [-0.1, -0.05) is 24.3 Å². The van der Waals surface area contributed by atoms with E-state index < -0.39 is 0 Å². The summed E-state index contributed by atoms with van der Waals surface area (Å²) in [4.78, 5) is 1.05. The number of methoxy groups -OCH3 is 1. The minimum Gasteiger partial charge on any atom is -0.496 e. The van der Waals surface area contributed by atoms with E-state index in [0.29, 0.717) is 6.61 Å². The van der Waals surface area contributed by atoms with Gasteiger partial charge in [-0.15, -0.1) is 11.8 Å². The van der Waals surface area contributed by atoms with Crippen molar-refractivity contribution < 1.29 is 13.9 Å². The van der Waals surface area contributed by atoms with Crippen molar-refractivity contribution in [2.45, 2.75) is 16.2 Å². The molecule has 3 nitrogen and oxygen atoms in total. The quantitative estimate of drug-likeness (QED) is 0.846. The Kier molecular flexibility index (Phi) is 5.54. The molecule has 2 atom stereocenters. The summed E-state index contributed by atoms with van der Waals surface area (Å²) in [5.41, 5.74) is 1.05. The number of ether oxygens (including phenoxy) is 2. The molecule has 1 unspecified atom stereocenters. The lowest BCUT2D eigenvalue weighted by Crippen LogP contribution is -2.41. The van der Waals surface area contributed by atoms with Gasteiger partial charge in [0.05, 0.1) is 30.0 Å². The second-order valence-corrected chi connectivity index (χ2v) is 6.54. The zero-order valence-corrected chi connectivity index (χ0v) is 13.8. The van der Waals surface area contributed by atoms with E-state index >= 15 is 0 Å². The van der Waals surface area contributed by atoms with Crippen molar-refractivity contribution >= 4 is 11.8 Å². The molecular weight excluding hydrogens is 313 g/mol. The molecule has 2 aromatic carbocycles. The van der Waals surface area contributed by atoms with E-state index in [0.717, 1.165) is 29.3 Å². The molecule has 0 aromatic heterocycles. The second kappa shape index (κ2) is 7.81. The lowest BCUT2D eigenvalue weighted by molar-refractivity contribution is 0.0273. The Morgan fingerprint density at radius 2 is 2.00 bits per heavy atom. The van der Waals surface area contributed by atoms with Crippen LogP contribution in [0.5, 0.6) is 5.75 Å². The summed E-state index contributed by atoms with van der Waals surface area (Å²) in [7, 11) is 1.67. The molecule has 0 spiro atoms. The first kappa shape index (κ1) is 16.3. The first-order valence-electron chi connectivity index (χ1n) is 7.65. The van der Waals surface area contributed by atoms with Gasteiger partial charge in [0.15, 0.2) is 0 Å². The SMILES string of the molecule is COc1ccccc1SC(c1ccc(F)cc1)[C@@H]1CNCCO1. The van der Waals surface area contributed by atoms with Gasteiger partial charge in [-0.05, 0) is 29.8 Å². The summed E-state index contributed by atoms with van der Waals surface area (Å²) < 4.78 is 24.7. The van der Waals surface area contributed by atoms with Crippen LogP contribution >= 0.6 is 11.8 Å². The van der Waals surface area contributed by atoms with Crippen molar-refractivity contribution in [3.8, 4) is 5.75 Å². The van der Waals surface area contributed by atoms with Crippen molar-refractivity contribution in [2.24, 2.45) is 0 Å². The largest absolute Gasteiger partial charge is 0.496 e. The van der Waals surface area contributed by atoms with Crippen LogP contribution in [-0.4, -0.2) is 32.9 Å². The van der Waals surface area contributed by atoms with E-state index in [9.17, 15) is 4.39 Å². The van der Waals surface area contributed by atoms with Crippen LogP contribution in [0, 0.1) is 5.82 Å². The van der Waals surface area contributed by atoms with E-state index in [-0.39, 0.29) is 17.2 Å². The van der Waals surface area contributed by atoms with Gasteiger partial charge in [0.2, 0.25) is 0 Å². The molecule has 0 aliphatic carbocycles. The molecular formula is C18H20FNO2S. The molecule has 1 fully saturated rings. The summed E-state index contributed by atoms with van der Waals surface area (Å²) in [5, 5.41) is 3.44. The molecule has 0 saturated carbocycles. The minimum absolute atomic E-state index is 0.0316. The lowest BCUT2D eigenvalue weighted by atomic mass is 10.1. The van der Waals surface area contributed by atoms with Crippen molar-refractivity contribution in [1.29, 1.82) is 0 Å². The monoisotopic (exact) mass is 333 g/mol. The molecule has 0 amide bonds. The molecule has 3 rings (SSSR count). The first-order chi connectivity index (χ1) is 11.3. The lowest BCUT2D eigenvalue weighted by Gasteiger charge is -2.31. The molecule has 1 aliphatic rings. The summed E-state index contributed by atoms with van der Waals surface area (Å²) in [6.45, 7) is 2.34. The van der Waals surface area contributed by atoms with E-state index in [4.69, 9.17) is 9.47 Å². The van der Waals surface area contributed by atoms with Gasteiger partial charge in [-0.2, -0.15) is 0 Å². The molecule has 0 bridgehead atoms. The highest BCUT2D eigenvalue weighted by Crippen LogP contribution is 2.42. The predicted molar refractivity (Wildman–Crippen MR) is 90.6 cm³/mol. The molecule has 1 aliphatic heterocycles. The van der Waals surface area contributed by atoms with Gasteiger partial charge < -0.3 is 14.8 Å². The van der Waals surface area contributed by atoms with Crippen LogP contribution in [0.15, 0.2) is 53.4 Å². The highest BCUT2D eigenvalue weighted by Gasteiger charge is 2.28. The maximum Gasteiger partial charge on any atom is 0.132 e. The average molecular weight is 333 g/mol. The van der Waals surface area contributed by atoms with Gasteiger partial charge in [0.25, 0.3) is 0 Å². The van der Waals surface area contributed by atoms with Crippen molar-refractivity contribution in [2.75, 3.05) is 26.8 Å². The summed E-state index contributed by atoms with van der Waals surface area (Å²) in [6.07, 6.45) is 0.0316. The molecule has 122 valence electrons. The highest BCUT2D eigenvalue weighted by molar-refractivity contribution is 7.99. The van der Waals surface area contributed by atoms with Crippen molar-refractivity contribution in [3.63, 3.8) is 0 Å². The Labute approximate surface area is 140 Å². The number of halogens is 1. The van der Waals surface area contributed by atoms with Gasteiger partial charge in [-0.25, -0.2) is 4.39 Å². The Morgan fingerprint density at radius 3 is 2.70 bits per heavy atom. The van der Waals surface area contributed by atoms with Crippen LogP contribution in [0.1, 0.15) is 10.8 Å². The fourth-order valence-electron chi connectivity index (χ4n) is 2.64. The molecule has 1 saturated heterocycles. The van der Waals surface area contributed by atoms with Crippen LogP contribution in [-0.2, 0) is 4.74 Å². The zero-order valence-electron chi connectivity index (χ0n) is 13.0. The van der Waals surface area contributed by atoms with Crippen LogP contribution in [0.3, 0.4) is 0 Å². The minimum atomic E-state index is -0.225. The molecule has 5 heteroatoms. The zero-order chi connectivity index (χ0) is 16.1. The number of hydrogen-bond donors (Lipinski definition) is 1. The fourth-order valence-corrected chi connectivity index (χ4v) is 3.96. The Morgan fingerprint density at radius 1 is 1.22 bits per heavy atom. The van der Waals surface area contributed by atoms with Crippen molar-refractivity contribution in [1.82, 2.24) is 5.32 Å². The Hall–Kier alpha value is -1.56. The highest BCUT2D eigenvalue weighted by atomic mass is 32.2. The van der Waals surface area contributed by atoms with Crippen LogP contribution in [0.25, 0.3) is 0 Å². The summed E-state index contributed by atoms with van der Waals surface area (Å²) in [6, 6.07) is 14.6. The smallest absolute Gasteiger partial charge is 0.132 e. The summed E-state index contributed by atoms with van der Waals surface area (Å²) in [5.74, 6) is 0.617. The van der Waals surface area contributed by atoms with Crippen LogP contribution in [0.2, 0.25) is 0 Å².